The van der Waals surface area contributed by atoms with Crippen molar-refractivity contribution in [1.29, 1.82) is 0 Å². The van der Waals surface area contributed by atoms with Crippen molar-refractivity contribution >= 4 is 46.8 Å². The standard InChI is InChI=1S/C29H31Cl2N5O3/c1-36(2)28(32)33-15-7-12-26(27(37)34-18-13-14-24(30)25(31)16-18)35-29(38)39-17-23-21-10-5-3-8-19(21)20-9-4-6-11-22(20)23/h3-6,8-11,13-14,16,23,26H,7,12,15,17H2,1-2H3,(H2,32,33)(H,34,37)(H,35,38)/t26-/m0/s1. The van der Waals surface area contributed by atoms with Crippen LogP contribution in [0.25, 0.3) is 11.1 Å². The highest BCUT2D eigenvalue weighted by Crippen LogP contribution is 2.44. The third kappa shape index (κ3) is 7.02. The molecule has 0 heterocycles. The molecule has 4 rings (SSSR count). The molecule has 0 saturated heterocycles. The molecule has 0 bridgehead atoms. The number of hydrogen-bond acceptors (Lipinski definition) is 4. The summed E-state index contributed by atoms with van der Waals surface area (Å²) in [6.45, 7) is 0.539. The van der Waals surface area contributed by atoms with Crippen molar-refractivity contribution in [3.05, 3.63) is 87.9 Å². The molecule has 1 aliphatic rings. The van der Waals surface area contributed by atoms with Crippen LogP contribution in [0.1, 0.15) is 29.9 Å². The van der Waals surface area contributed by atoms with Crippen LogP contribution in [0.4, 0.5) is 10.5 Å². The molecule has 39 heavy (non-hydrogen) atoms. The minimum Gasteiger partial charge on any atom is -0.449 e. The molecular weight excluding hydrogens is 537 g/mol. The largest absolute Gasteiger partial charge is 0.449 e. The number of carbonyl (C=O) groups excluding carboxylic acids is 2. The van der Waals surface area contributed by atoms with E-state index in [0.29, 0.717) is 41.1 Å². The van der Waals surface area contributed by atoms with Crippen LogP contribution in [-0.2, 0) is 9.53 Å². The Morgan fingerprint density at radius 3 is 2.26 bits per heavy atom. The van der Waals surface area contributed by atoms with E-state index >= 15 is 0 Å². The van der Waals surface area contributed by atoms with Crippen LogP contribution in [0.2, 0.25) is 10.0 Å². The van der Waals surface area contributed by atoms with Gasteiger partial charge in [0.15, 0.2) is 5.96 Å². The highest BCUT2D eigenvalue weighted by atomic mass is 35.5. The van der Waals surface area contributed by atoms with Gasteiger partial charge in [0, 0.05) is 32.2 Å². The fraction of sp³-hybridized carbons (Fsp3) is 0.276. The van der Waals surface area contributed by atoms with Gasteiger partial charge in [0.05, 0.1) is 10.0 Å². The molecule has 204 valence electrons. The van der Waals surface area contributed by atoms with Gasteiger partial charge in [-0.15, -0.1) is 0 Å². The van der Waals surface area contributed by atoms with Crippen LogP contribution in [0, 0.1) is 0 Å². The zero-order chi connectivity index (χ0) is 27.9. The SMILES string of the molecule is CN(C)C(N)=NCCC[C@H](NC(=O)OCC1c2ccccc2-c2ccccc21)C(=O)Nc1ccc(Cl)c(Cl)c1. The van der Waals surface area contributed by atoms with Crippen LogP contribution >= 0.6 is 23.2 Å². The third-order valence-electron chi connectivity index (χ3n) is 6.52. The Kier molecular flexibility index (Phi) is 9.32. The van der Waals surface area contributed by atoms with Crippen molar-refractivity contribution in [2.45, 2.75) is 24.8 Å². The third-order valence-corrected chi connectivity index (χ3v) is 7.26. The summed E-state index contributed by atoms with van der Waals surface area (Å²) in [4.78, 5) is 32.0. The summed E-state index contributed by atoms with van der Waals surface area (Å²) in [7, 11) is 3.59. The molecule has 0 spiro atoms. The molecule has 0 unspecified atom stereocenters. The zero-order valence-corrected chi connectivity index (χ0v) is 23.3. The van der Waals surface area contributed by atoms with Crippen molar-refractivity contribution in [2.24, 2.45) is 10.7 Å². The number of aliphatic imine (C=N–C) groups is 1. The Hall–Kier alpha value is -3.75. The van der Waals surface area contributed by atoms with Gasteiger partial charge in [0.2, 0.25) is 5.91 Å². The average Bonchev–Trinajstić information content (AvgIpc) is 3.24. The maximum atomic E-state index is 13.1. The Morgan fingerprint density at radius 2 is 1.64 bits per heavy atom. The van der Waals surface area contributed by atoms with Crippen molar-refractivity contribution in [3.63, 3.8) is 0 Å². The highest BCUT2D eigenvalue weighted by molar-refractivity contribution is 6.42. The van der Waals surface area contributed by atoms with Crippen LogP contribution in [0.5, 0.6) is 0 Å². The van der Waals surface area contributed by atoms with Gasteiger partial charge < -0.3 is 26.0 Å². The van der Waals surface area contributed by atoms with E-state index in [1.807, 2.05) is 24.3 Å². The van der Waals surface area contributed by atoms with E-state index in [0.717, 1.165) is 22.3 Å². The lowest BCUT2D eigenvalue weighted by atomic mass is 9.98. The van der Waals surface area contributed by atoms with E-state index in [1.165, 1.54) is 0 Å². The van der Waals surface area contributed by atoms with Gasteiger partial charge in [-0.05, 0) is 53.3 Å². The number of nitrogens with two attached hydrogens (primary N) is 1. The first-order valence-corrected chi connectivity index (χ1v) is 13.3. The number of benzene rings is 3. The molecule has 1 aliphatic carbocycles. The number of carbonyl (C=O) groups is 2. The van der Waals surface area contributed by atoms with Gasteiger partial charge in [0.1, 0.15) is 12.6 Å². The van der Waals surface area contributed by atoms with E-state index in [2.05, 4.69) is 39.9 Å². The Bertz CT molecular complexity index is 1330. The number of ether oxygens (including phenoxy) is 1. The molecule has 0 radical (unpaired) electrons. The Morgan fingerprint density at radius 1 is 1.00 bits per heavy atom. The van der Waals surface area contributed by atoms with Crippen LogP contribution in [-0.4, -0.2) is 56.1 Å². The summed E-state index contributed by atoms with van der Waals surface area (Å²) in [6, 6.07) is 20.1. The van der Waals surface area contributed by atoms with Crippen molar-refractivity contribution < 1.29 is 14.3 Å². The summed E-state index contributed by atoms with van der Waals surface area (Å²) in [5, 5.41) is 6.19. The molecule has 3 aromatic carbocycles. The number of halogens is 2. The van der Waals surface area contributed by atoms with Crippen molar-refractivity contribution in [1.82, 2.24) is 10.2 Å². The van der Waals surface area contributed by atoms with Gasteiger partial charge in [-0.25, -0.2) is 4.79 Å². The predicted octanol–water partition coefficient (Wildman–Crippen LogP) is 5.50. The molecule has 0 aromatic heterocycles. The minimum absolute atomic E-state index is 0.0880. The normalized spacial score (nSPS) is 13.3. The van der Waals surface area contributed by atoms with Crippen LogP contribution in [0.15, 0.2) is 71.7 Å². The summed E-state index contributed by atoms with van der Waals surface area (Å²) in [6.07, 6.45) is 0.154. The molecule has 0 saturated carbocycles. The number of nitrogens with one attached hydrogen (secondary N) is 2. The number of alkyl carbamates (subject to hydrolysis) is 1. The smallest absolute Gasteiger partial charge is 0.407 e. The average molecular weight is 569 g/mol. The summed E-state index contributed by atoms with van der Waals surface area (Å²) >= 11 is 12.1. The summed E-state index contributed by atoms with van der Waals surface area (Å²) in [5.41, 5.74) is 10.8. The quantitative estimate of drug-likeness (QED) is 0.180. The molecule has 3 aromatic rings. The molecule has 8 nitrogen and oxygen atoms in total. The lowest BCUT2D eigenvalue weighted by Crippen LogP contribution is -2.44. The topological polar surface area (TPSA) is 109 Å². The van der Waals surface area contributed by atoms with Crippen LogP contribution in [0.3, 0.4) is 0 Å². The number of anilines is 1. The van der Waals surface area contributed by atoms with E-state index < -0.39 is 18.0 Å². The first kappa shape index (κ1) is 28.3. The van der Waals surface area contributed by atoms with E-state index in [9.17, 15) is 9.59 Å². The zero-order valence-electron chi connectivity index (χ0n) is 21.8. The van der Waals surface area contributed by atoms with Crippen LogP contribution < -0.4 is 16.4 Å². The predicted molar refractivity (Wildman–Crippen MR) is 156 cm³/mol. The molecule has 2 amide bonds. The molecule has 0 aliphatic heterocycles. The fourth-order valence-electron chi connectivity index (χ4n) is 4.48. The fourth-order valence-corrected chi connectivity index (χ4v) is 4.78. The van der Waals surface area contributed by atoms with Gasteiger partial charge in [-0.2, -0.15) is 0 Å². The second-order valence-corrected chi connectivity index (χ2v) is 10.2. The van der Waals surface area contributed by atoms with Gasteiger partial charge in [-0.3, -0.25) is 9.79 Å². The lowest BCUT2D eigenvalue weighted by Gasteiger charge is -2.20. The molecular formula is C29H31Cl2N5O3. The van der Waals surface area contributed by atoms with Gasteiger partial charge >= 0.3 is 6.09 Å². The van der Waals surface area contributed by atoms with E-state index in [4.69, 9.17) is 33.7 Å². The maximum Gasteiger partial charge on any atom is 0.407 e. The Labute approximate surface area is 238 Å². The molecule has 0 fully saturated rings. The van der Waals surface area contributed by atoms with Gasteiger partial charge in [-0.1, -0.05) is 71.7 Å². The monoisotopic (exact) mass is 567 g/mol. The summed E-state index contributed by atoms with van der Waals surface area (Å²) < 4.78 is 5.66. The minimum atomic E-state index is -0.870. The Balaban J connectivity index is 1.42. The molecule has 10 heteroatoms. The number of amides is 2. The first-order chi connectivity index (χ1) is 18.7. The number of hydrogen-bond donors (Lipinski definition) is 3. The summed E-state index contributed by atoms with van der Waals surface area (Å²) in [5.74, 6) is -0.113. The van der Waals surface area contributed by atoms with E-state index in [1.54, 1.807) is 37.2 Å². The molecule has 1 atom stereocenters. The maximum absolute atomic E-state index is 13.1. The second kappa shape index (κ2) is 12.9. The second-order valence-electron chi connectivity index (χ2n) is 9.42. The number of rotatable bonds is 9. The lowest BCUT2D eigenvalue weighted by molar-refractivity contribution is -0.118. The first-order valence-electron chi connectivity index (χ1n) is 12.6. The number of fused-ring (bicyclic) bond motifs is 3. The number of nitrogens with zero attached hydrogens (tertiary/aromatic N) is 2. The highest BCUT2D eigenvalue weighted by Gasteiger charge is 2.29. The van der Waals surface area contributed by atoms with Crippen molar-refractivity contribution in [2.75, 3.05) is 32.6 Å². The number of guanidine groups is 1. The van der Waals surface area contributed by atoms with E-state index in [-0.39, 0.29) is 12.5 Å². The van der Waals surface area contributed by atoms with Gasteiger partial charge in [0.25, 0.3) is 0 Å². The molecule has 4 N–H and O–H groups in total. The van der Waals surface area contributed by atoms with Crippen molar-refractivity contribution in [3.8, 4) is 11.1 Å².